The lowest BCUT2D eigenvalue weighted by molar-refractivity contribution is -0.343. The maximum Gasteiger partial charge on any atom is 0.187 e. The van der Waals surface area contributed by atoms with E-state index in [1.54, 1.807) is 30.3 Å². The third-order valence-electron chi connectivity index (χ3n) is 6.68. The number of nitrogens with one attached hydrogen (secondary N) is 1. The van der Waals surface area contributed by atoms with Crippen LogP contribution in [0.4, 0.5) is 5.69 Å². The zero-order chi connectivity index (χ0) is 30.3. The predicted molar refractivity (Wildman–Crippen MR) is 135 cm³/mol. The summed E-state index contributed by atoms with van der Waals surface area (Å²) in [5.74, 6) is 0. The Bertz CT molecular complexity index is 930. The van der Waals surface area contributed by atoms with Gasteiger partial charge < -0.3 is 75.1 Å². The molecular formula is C24H38N2O15. The second-order valence-corrected chi connectivity index (χ2v) is 9.63. The molecule has 0 radical (unpaired) electrons. The Morgan fingerprint density at radius 2 is 1.39 bits per heavy atom. The van der Waals surface area contributed by atoms with Gasteiger partial charge in [-0.15, -0.1) is 0 Å². The summed E-state index contributed by atoms with van der Waals surface area (Å²) in [6.07, 6.45) is -23.5. The summed E-state index contributed by atoms with van der Waals surface area (Å²) in [5.41, 5.74) is 3.17. The second-order valence-electron chi connectivity index (χ2n) is 9.63. The maximum atomic E-state index is 10.6. The largest absolute Gasteiger partial charge is 0.394 e. The average Bonchev–Trinajstić information content (AvgIpc) is 2.98. The van der Waals surface area contributed by atoms with Crippen molar-refractivity contribution in [2.75, 3.05) is 25.2 Å². The topological polar surface area (TPSA) is 284 Å². The number of para-hydroxylation sites is 1. The van der Waals surface area contributed by atoms with Crippen molar-refractivity contribution in [2.24, 2.45) is 5.10 Å². The van der Waals surface area contributed by atoms with E-state index in [1.165, 1.54) is 0 Å². The van der Waals surface area contributed by atoms with Crippen molar-refractivity contribution >= 4 is 11.9 Å². The highest BCUT2D eigenvalue weighted by molar-refractivity contribution is 5.65. The van der Waals surface area contributed by atoms with Crippen LogP contribution in [0.5, 0.6) is 0 Å². The Morgan fingerprint density at radius 3 is 2.00 bits per heavy atom. The summed E-state index contributed by atoms with van der Waals surface area (Å²) < 4.78 is 21.5. The molecule has 17 nitrogen and oxygen atoms in total. The summed E-state index contributed by atoms with van der Waals surface area (Å²) in [6, 6.07) is 8.60. The number of hydrazone groups is 1. The van der Waals surface area contributed by atoms with Crippen molar-refractivity contribution in [3.63, 3.8) is 0 Å². The van der Waals surface area contributed by atoms with Gasteiger partial charge in [0.25, 0.3) is 0 Å². The van der Waals surface area contributed by atoms with E-state index in [4.69, 9.17) is 18.9 Å². The van der Waals surface area contributed by atoms with Gasteiger partial charge in [-0.05, 0) is 12.1 Å². The molecule has 0 bridgehead atoms. The van der Waals surface area contributed by atoms with Crippen LogP contribution in [0.25, 0.3) is 0 Å². The molecule has 2 heterocycles. The van der Waals surface area contributed by atoms with Gasteiger partial charge in [0.15, 0.2) is 12.6 Å². The van der Waals surface area contributed by atoms with Gasteiger partial charge in [-0.25, -0.2) is 0 Å². The molecule has 0 unspecified atom stereocenters. The van der Waals surface area contributed by atoms with Gasteiger partial charge >= 0.3 is 0 Å². The maximum absolute atomic E-state index is 10.6. The fourth-order valence-electron chi connectivity index (χ4n) is 4.20. The molecule has 0 amide bonds. The molecule has 2 saturated heterocycles. The predicted octanol–water partition coefficient (Wildman–Crippen LogP) is -5.83. The quantitative estimate of drug-likeness (QED) is 0.0748. The highest BCUT2D eigenvalue weighted by Crippen LogP contribution is 2.27. The van der Waals surface area contributed by atoms with E-state index in [0.717, 1.165) is 6.21 Å². The molecule has 17 heteroatoms. The van der Waals surface area contributed by atoms with Crippen LogP contribution in [0.1, 0.15) is 0 Å². The molecule has 2 aliphatic heterocycles. The first-order valence-electron chi connectivity index (χ1n) is 12.8. The summed E-state index contributed by atoms with van der Waals surface area (Å²) >= 11 is 0. The van der Waals surface area contributed by atoms with Gasteiger partial charge in [0.05, 0.1) is 31.7 Å². The SMILES string of the molecule is OC[C@H](O)[C@H](O[C@@H]1O[C@@H](CO[C@@H]2O[C@H](CO)[C@H](O)[C@H](O)[C@@H]2O)[C@@H](O)[C@H](O)[C@@H]1O)[C@H](O)[C@@H](O)C=NNc1ccccc1. The van der Waals surface area contributed by atoms with Crippen molar-refractivity contribution in [3.05, 3.63) is 30.3 Å². The molecule has 0 spiro atoms. The molecule has 14 atom stereocenters. The Kier molecular flexibility index (Phi) is 12.7. The van der Waals surface area contributed by atoms with E-state index >= 15 is 0 Å². The second kappa shape index (κ2) is 15.5. The van der Waals surface area contributed by atoms with Crippen LogP contribution in [0.3, 0.4) is 0 Å². The van der Waals surface area contributed by atoms with Gasteiger partial charge in [-0.3, -0.25) is 5.43 Å². The summed E-state index contributed by atoms with van der Waals surface area (Å²) in [5, 5.41) is 115. The lowest BCUT2D eigenvalue weighted by atomic mass is 9.98. The minimum absolute atomic E-state index is 0.567. The van der Waals surface area contributed by atoms with Crippen LogP contribution in [0.15, 0.2) is 35.4 Å². The molecule has 12 N–H and O–H groups in total. The van der Waals surface area contributed by atoms with Crippen LogP contribution in [-0.4, -0.2) is 168 Å². The summed E-state index contributed by atoms with van der Waals surface area (Å²) in [4.78, 5) is 0. The molecule has 3 rings (SSSR count). The molecule has 41 heavy (non-hydrogen) atoms. The number of aliphatic hydroxyl groups excluding tert-OH is 11. The Hall–Kier alpha value is -1.91. The van der Waals surface area contributed by atoms with Crippen molar-refractivity contribution in [2.45, 2.75) is 85.8 Å². The zero-order valence-corrected chi connectivity index (χ0v) is 21.7. The highest BCUT2D eigenvalue weighted by atomic mass is 16.7. The standard InChI is InChI=1S/C24H38N2O15/c27-7-12(30)22(15(31)11(29)6-25-26-10-4-2-1-3-5-10)41-24-21(37)19(35)17(33)14(40-24)9-38-23-20(36)18(34)16(32)13(8-28)39-23/h1-6,11-24,26-37H,7-9H2/t11-,12-,13+,14-,15+,16-,17+,18-,19-,20-,21-,22-,23+,24-/m0/s1. The first-order chi connectivity index (χ1) is 19.5. The van der Waals surface area contributed by atoms with E-state index in [9.17, 15) is 56.2 Å². The molecule has 1 aromatic rings. The number of hydrogen-bond donors (Lipinski definition) is 12. The Morgan fingerprint density at radius 1 is 0.805 bits per heavy atom. The number of benzene rings is 1. The normalized spacial score (nSPS) is 37.4. The van der Waals surface area contributed by atoms with Gasteiger partial charge in [0, 0.05) is 0 Å². The minimum Gasteiger partial charge on any atom is -0.394 e. The molecule has 0 aliphatic carbocycles. The average molecular weight is 595 g/mol. The Balaban J connectivity index is 1.66. The van der Waals surface area contributed by atoms with E-state index in [1.807, 2.05) is 0 Å². The number of nitrogens with zero attached hydrogens (tertiary/aromatic N) is 1. The van der Waals surface area contributed by atoms with E-state index in [0.29, 0.717) is 5.69 Å². The smallest absolute Gasteiger partial charge is 0.187 e. The van der Waals surface area contributed by atoms with Crippen molar-refractivity contribution < 1.29 is 75.1 Å². The van der Waals surface area contributed by atoms with Crippen LogP contribution in [0.2, 0.25) is 0 Å². The first kappa shape index (κ1) is 33.6. The van der Waals surface area contributed by atoms with Crippen LogP contribution in [0, 0.1) is 0 Å². The number of hydrogen-bond acceptors (Lipinski definition) is 17. The molecule has 2 aliphatic rings. The van der Waals surface area contributed by atoms with Crippen molar-refractivity contribution in [3.8, 4) is 0 Å². The lowest BCUT2D eigenvalue weighted by Gasteiger charge is -2.44. The fourth-order valence-corrected chi connectivity index (χ4v) is 4.20. The van der Waals surface area contributed by atoms with Crippen LogP contribution in [-0.2, 0) is 18.9 Å². The lowest BCUT2D eigenvalue weighted by Crippen LogP contribution is -2.63. The van der Waals surface area contributed by atoms with Crippen LogP contribution >= 0.6 is 0 Å². The van der Waals surface area contributed by atoms with Crippen molar-refractivity contribution in [1.29, 1.82) is 0 Å². The molecule has 1 aromatic carbocycles. The summed E-state index contributed by atoms with van der Waals surface area (Å²) in [6.45, 7) is -2.32. The number of aliphatic hydroxyl groups is 11. The summed E-state index contributed by atoms with van der Waals surface area (Å²) in [7, 11) is 0. The highest BCUT2D eigenvalue weighted by Gasteiger charge is 2.49. The van der Waals surface area contributed by atoms with Crippen LogP contribution < -0.4 is 5.43 Å². The molecule has 0 aromatic heterocycles. The monoisotopic (exact) mass is 594 g/mol. The zero-order valence-electron chi connectivity index (χ0n) is 21.7. The molecular weight excluding hydrogens is 556 g/mol. The van der Waals surface area contributed by atoms with Gasteiger partial charge in [0.1, 0.15) is 73.2 Å². The number of anilines is 1. The van der Waals surface area contributed by atoms with E-state index < -0.39 is 106 Å². The number of ether oxygens (including phenoxy) is 4. The van der Waals surface area contributed by atoms with Crippen molar-refractivity contribution in [1.82, 2.24) is 0 Å². The number of rotatable bonds is 13. The third-order valence-corrected chi connectivity index (χ3v) is 6.68. The molecule has 234 valence electrons. The van der Waals surface area contributed by atoms with Gasteiger partial charge in [-0.1, -0.05) is 18.2 Å². The van der Waals surface area contributed by atoms with Gasteiger partial charge in [0.2, 0.25) is 0 Å². The fraction of sp³-hybridized carbons (Fsp3) is 0.708. The van der Waals surface area contributed by atoms with E-state index in [2.05, 4.69) is 10.5 Å². The van der Waals surface area contributed by atoms with Gasteiger partial charge in [-0.2, -0.15) is 5.10 Å². The first-order valence-corrected chi connectivity index (χ1v) is 12.8. The molecule has 0 saturated carbocycles. The van der Waals surface area contributed by atoms with E-state index in [-0.39, 0.29) is 0 Å². The minimum atomic E-state index is -1.94. The Labute approximate surface area is 234 Å². The third kappa shape index (κ3) is 8.35. The molecule has 2 fully saturated rings.